The molecule has 4 heteroatoms. The highest BCUT2D eigenvalue weighted by molar-refractivity contribution is 5.98. The Bertz CT molecular complexity index is 1050. The Morgan fingerprint density at radius 1 is 0.633 bits per heavy atom. The first-order valence-corrected chi connectivity index (χ1v) is 9.84. The summed E-state index contributed by atoms with van der Waals surface area (Å²) in [5, 5.41) is 0. The maximum atomic E-state index is 11.2. The van der Waals surface area contributed by atoms with E-state index in [1.165, 1.54) is 13.8 Å². The maximum Gasteiger partial charge on any atom is 0.308 e. The molecule has 0 fully saturated rings. The molecule has 0 heterocycles. The summed E-state index contributed by atoms with van der Waals surface area (Å²) in [5.41, 5.74) is 5.44. The average molecular weight is 400 g/mol. The van der Waals surface area contributed by atoms with E-state index in [4.69, 9.17) is 9.47 Å². The van der Waals surface area contributed by atoms with Crippen molar-refractivity contribution in [2.75, 3.05) is 0 Å². The standard InChI is InChI=1S/C26H24O4/c1-4-25(20-10-14-23(15-11-20)29-18(2)27)26(21-8-6-5-7-9-21)22-12-16-24(17-13-22)30-19(3)28/h5-17H,4H2,1-3H3/b26-25-. The molecule has 3 aromatic rings. The minimum Gasteiger partial charge on any atom is -0.427 e. The number of hydrogen-bond donors (Lipinski definition) is 0. The quantitative estimate of drug-likeness (QED) is 0.293. The van der Waals surface area contributed by atoms with Crippen LogP contribution in [0.5, 0.6) is 11.5 Å². The predicted molar refractivity (Wildman–Crippen MR) is 118 cm³/mol. The van der Waals surface area contributed by atoms with Crippen LogP contribution in [0, 0.1) is 0 Å². The lowest BCUT2D eigenvalue weighted by atomic mass is 9.88. The Kier molecular flexibility index (Phi) is 6.81. The molecule has 0 atom stereocenters. The zero-order chi connectivity index (χ0) is 21.5. The Hall–Kier alpha value is -3.66. The first kappa shape index (κ1) is 21.1. The van der Waals surface area contributed by atoms with Crippen molar-refractivity contribution >= 4 is 23.1 Å². The summed E-state index contributed by atoms with van der Waals surface area (Å²) in [7, 11) is 0. The van der Waals surface area contributed by atoms with Crippen molar-refractivity contribution in [3.63, 3.8) is 0 Å². The molecule has 0 aliphatic carbocycles. The van der Waals surface area contributed by atoms with E-state index in [0.717, 1.165) is 34.3 Å². The van der Waals surface area contributed by atoms with Gasteiger partial charge >= 0.3 is 11.9 Å². The second kappa shape index (κ2) is 9.70. The predicted octanol–water partition coefficient (Wildman–Crippen LogP) is 5.91. The summed E-state index contributed by atoms with van der Waals surface area (Å²) in [6.45, 7) is 4.89. The molecule has 0 spiro atoms. The molecule has 0 saturated carbocycles. The van der Waals surface area contributed by atoms with E-state index in [1.54, 1.807) is 24.3 Å². The highest BCUT2D eigenvalue weighted by atomic mass is 16.5. The Morgan fingerprint density at radius 2 is 1.07 bits per heavy atom. The van der Waals surface area contributed by atoms with Gasteiger partial charge in [0.1, 0.15) is 11.5 Å². The molecule has 0 unspecified atom stereocenters. The second-order valence-corrected chi connectivity index (χ2v) is 6.81. The molecule has 3 rings (SSSR count). The van der Waals surface area contributed by atoms with Gasteiger partial charge in [0.05, 0.1) is 0 Å². The van der Waals surface area contributed by atoms with Crippen molar-refractivity contribution in [1.29, 1.82) is 0 Å². The van der Waals surface area contributed by atoms with Crippen molar-refractivity contribution in [3.8, 4) is 11.5 Å². The molecule has 4 nitrogen and oxygen atoms in total. The van der Waals surface area contributed by atoms with Crippen molar-refractivity contribution in [2.24, 2.45) is 0 Å². The molecular weight excluding hydrogens is 376 g/mol. The fourth-order valence-corrected chi connectivity index (χ4v) is 3.39. The zero-order valence-corrected chi connectivity index (χ0v) is 17.3. The first-order chi connectivity index (χ1) is 14.5. The van der Waals surface area contributed by atoms with Gasteiger partial charge in [-0.25, -0.2) is 0 Å². The number of esters is 2. The van der Waals surface area contributed by atoms with Gasteiger partial charge < -0.3 is 9.47 Å². The van der Waals surface area contributed by atoms with Gasteiger partial charge in [-0.3, -0.25) is 9.59 Å². The second-order valence-electron chi connectivity index (χ2n) is 6.81. The lowest BCUT2D eigenvalue weighted by molar-refractivity contribution is -0.132. The Morgan fingerprint density at radius 3 is 1.50 bits per heavy atom. The molecule has 0 aromatic heterocycles. The lowest BCUT2D eigenvalue weighted by Crippen LogP contribution is -2.02. The average Bonchev–Trinajstić information content (AvgIpc) is 2.73. The number of benzene rings is 3. The van der Waals surface area contributed by atoms with Gasteiger partial charge in [0.2, 0.25) is 0 Å². The smallest absolute Gasteiger partial charge is 0.308 e. The van der Waals surface area contributed by atoms with Crippen molar-refractivity contribution in [3.05, 3.63) is 95.6 Å². The molecule has 152 valence electrons. The van der Waals surface area contributed by atoms with Crippen LogP contribution in [0.4, 0.5) is 0 Å². The number of hydrogen-bond acceptors (Lipinski definition) is 4. The molecule has 0 amide bonds. The molecular formula is C26H24O4. The van der Waals surface area contributed by atoms with Crippen LogP contribution in [0.2, 0.25) is 0 Å². The van der Waals surface area contributed by atoms with Crippen LogP contribution in [-0.4, -0.2) is 11.9 Å². The molecule has 3 aromatic carbocycles. The molecule has 0 bridgehead atoms. The minimum absolute atomic E-state index is 0.341. The van der Waals surface area contributed by atoms with E-state index in [-0.39, 0.29) is 11.9 Å². The summed E-state index contributed by atoms with van der Waals surface area (Å²) < 4.78 is 10.3. The topological polar surface area (TPSA) is 52.6 Å². The largest absolute Gasteiger partial charge is 0.427 e. The molecule has 0 aliphatic rings. The van der Waals surface area contributed by atoms with E-state index in [2.05, 4.69) is 19.1 Å². The van der Waals surface area contributed by atoms with Gasteiger partial charge in [-0.1, -0.05) is 61.5 Å². The zero-order valence-electron chi connectivity index (χ0n) is 17.3. The van der Waals surface area contributed by atoms with Crippen LogP contribution in [-0.2, 0) is 9.59 Å². The summed E-state index contributed by atoms with van der Waals surface area (Å²) >= 11 is 0. The number of carbonyl (C=O) groups is 2. The van der Waals surface area contributed by atoms with Crippen LogP contribution >= 0.6 is 0 Å². The third kappa shape index (κ3) is 5.23. The van der Waals surface area contributed by atoms with Gasteiger partial charge in [0.25, 0.3) is 0 Å². The Labute approximate surface area is 176 Å². The third-order valence-corrected chi connectivity index (χ3v) is 4.59. The number of rotatable bonds is 6. The van der Waals surface area contributed by atoms with E-state index in [1.807, 2.05) is 42.5 Å². The third-order valence-electron chi connectivity index (χ3n) is 4.59. The van der Waals surface area contributed by atoms with Crippen molar-refractivity contribution < 1.29 is 19.1 Å². The highest BCUT2D eigenvalue weighted by Gasteiger charge is 2.14. The van der Waals surface area contributed by atoms with Crippen molar-refractivity contribution in [2.45, 2.75) is 27.2 Å². The van der Waals surface area contributed by atoms with E-state index in [9.17, 15) is 9.59 Å². The summed E-state index contributed by atoms with van der Waals surface area (Å²) in [5.74, 6) is 0.353. The molecule has 30 heavy (non-hydrogen) atoms. The lowest BCUT2D eigenvalue weighted by Gasteiger charge is -2.17. The number of ether oxygens (including phenoxy) is 2. The fraction of sp³-hybridized carbons (Fsp3) is 0.154. The summed E-state index contributed by atoms with van der Waals surface area (Å²) in [6, 6.07) is 25.2. The van der Waals surface area contributed by atoms with Gasteiger partial charge in [0.15, 0.2) is 0 Å². The monoisotopic (exact) mass is 400 g/mol. The highest BCUT2D eigenvalue weighted by Crippen LogP contribution is 2.35. The van der Waals surface area contributed by atoms with Gasteiger partial charge in [-0.05, 0) is 58.5 Å². The normalized spacial score (nSPS) is 11.4. The van der Waals surface area contributed by atoms with Gasteiger partial charge in [-0.2, -0.15) is 0 Å². The van der Waals surface area contributed by atoms with Crippen LogP contribution in [0.15, 0.2) is 78.9 Å². The van der Waals surface area contributed by atoms with Crippen LogP contribution < -0.4 is 9.47 Å². The van der Waals surface area contributed by atoms with Crippen LogP contribution in [0.3, 0.4) is 0 Å². The molecule has 0 aliphatic heterocycles. The molecule has 0 radical (unpaired) electrons. The molecule has 0 N–H and O–H groups in total. The fourth-order valence-electron chi connectivity index (χ4n) is 3.39. The van der Waals surface area contributed by atoms with E-state index < -0.39 is 0 Å². The molecule has 0 saturated heterocycles. The summed E-state index contributed by atoms with van der Waals surface area (Å²) in [6.07, 6.45) is 0.808. The van der Waals surface area contributed by atoms with Gasteiger partial charge in [-0.15, -0.1) is 0 Å². The van der Waals surface area contributed by atoms with E-state index >= 15 is 0 Å². The maximum absolute atomic E-state index is 11.2. The minimum atomic E-state index is -0.344. The van der Waals surface area contributed by atoms with Crippen molar-refractivity contribution in [1.82, 2.24) is 0 Å². The van der Waals surface area contributed by atoms with Crippen LogP contribution in [0.25, 0.3) is 11.1 Å². The van der Waals surface area contributed by atoms with Gasteiger partial charge in [0, 0.05) is 13.8 Å². The summed E-state index contributed by atoms with van der Waals surface area (Å²) in [4.78, 5) is 22.4. The SMILES string of the molecule is CC/C(=C(\c1ccccc1)c1ccc(OC(C)=O)cc1)c1ccc(OC(C)=O)cc1. The van der Waals surface area contributed by atoms with Crippen LogP contribution in [0.1, 0.15) is 43.9 Å². The Balaban J connectivity index is 2.11. The number of carbonyl (C=O) groups excluding carboxylic acids is 2. The first-order valence-electron chi connectivity index (χ1n) is 9.84. The number of allylic oxidation sites excluding steroid dienone is 1. The van der Waals surface area contributed by atoms with E-state index in [0.29, 0.717) is 11.5 Å².